The van der Waals surface area contributed by atoms with E-state index in [1.807, 2.05) is 0 Å². The number of nitriles is 1. The number of alkyl halides is 9. The number of aryl methyl sites for hydroxylation is 1. The molecule has 9 nitrogen and oxygen atoms in total. The van der Waals surface area contributed by atoms with E-state index in [-0.39, 0.29) is 39.5 Å². The Balaban J connectivity index is 1.80. The normalized spacial score (nSPS) is 14.9. The molecule has 0 saturated heterocycles. The van der Waals surface area contributed by atoms with E-state index < -0.39 is 53.3 Å². The summed E-state index contributed by atoms with van der Waals surface area (Å²) in [6.07, 6.45) is -10.5. The van der Waals surface area contributed by atoms with Gasteiger partial charge in [0.1, 0.15) is 5.54 Å². The number of nitrogens with zero attached hydrogens (tertiary/aromatic N) is 6. The van der Waals surface area contributed by atoms with Gasteiger partial charge in [-0.15, -0.1) is 0 Å². The number of halogens is 10. The summed E-state index contributed by atoms with van der Waals surface area (Å²) in [6.45, 7) is -3.81. The zero-order chi connectivity index (χ0) is 32.8. The zero-order valence-corrected chi connectivity index (χ0v) is 23.2. The van der Waals surface area contributed by atoms with Crippen molar-refractivity contribution in [3.63, 3.8) is 0 Å². The van der Waals surface area contributed by atoms with Crippen LogP contribution in [0, 0.1) is 11.3 Å². The third-order valence-corrected chi connectivity index (χ3v) is 7.16. The van der Waals surface area contributed by atoms with Crippen LogP contribution in [0.3, 0.4) is 0 Å². The zero-order valence-electron chi connectivity index (χ0n) is 22.5. The smallest absolute Gasteiger partial charge is 0.429 e. The largest absolute Gasteiger partial charge is 0.437 e. The molecule has 0 N–H and O–H groups in total. The van der Waals surface area contributed by atoms with Crippen molar-refractivity contribution in [2.45, 2.75) is 43.0 Å². The number of methoxy groups -OCH3 is 1. The number of hydrogen-bond donors (Lipinski definition) is 0. The van der Waals surface area contributed by atoms with Crippen LogP contribution in [-0.2, 0) is 17.5 Å². The van der Waals surface area contributed by atoms with Gasteiger partial charge in [-0.05, 0) is 30.5 Å². The van der Waals surface area contributed by atoms with Crippen LogP contribution in [-0.4, -0.2) is 75.1 Å². The van der Waals surface area contributed by atoms with Gasteiger partial charge in [0.15, 0.2) is 17.3 Å². The quantitative estimate of drug-likeness (QED) is 0.250. The predicted octanol–water partition coefficient (Wildman–Crippen LogP) is 5.96. The molecule has 0 spiro atoms. The van der Waals surface area contributed by atoms with Crippen LogP contribution in [0.25, 0.3) is 16.9 Å². The Labute approximate surface area is 247 Å². The molecule has 238 valence electrons. The average Bonchev–Trinajstić information content (AvgIpc) is 3.45. The van der Waals surface area contributed by atoms with Crippen molar-refractivity contribution in [2.24, 2.45) is 7.05 Å². The highest BCUT2D eigenvalue weighted by atomic mass is 35.5. The molecule has 1 aliphatic rings. The molecule has 1 aliphatic carbocycles. The first-order valence-corrected chi connectivity index (χ1v) is 12.7. The molecule has 19 heteroatoms. The van der Waals surface area contributed by atoms with Crippen molar-refractivity contribution in [2.75, 3.05) is 20.3 Å². The van der Waals surface area contributed by atoms with Gasteiger partial charge in [-0.3, -0.25) is 4.79 Å². The van der Waals surface area contributed by atoms with E-state index in [4.69, 9.17) is 16.3 Å². The Morgan fingerprint density at radius 1 is 1.16 bits per heavy atom. The Kier molecular flexibility index (Phi) is 8.61. The minimum atomic E-state index is -6.67. The van der Waals surface area contributed by atoms with Crippen LogP contribution < -0.4 is 4.74 Å². The van der Waals surface area contributed by atoms with E-state index in [1.165, 1.54) is 30.2 Å². The molecule has 1 fully saturated rings. The predicted molar refractivity (Wildman–Crippen MR) is 133 cm³/mol. The van der Waals surface area contributed by atoms with Crippen LogP contribution >= 0.6 is 11.6 Å². The Bertz CT molecular complexity index is 1580. The Morgan fingerprint density at radius 3 is 2.32 bits per heavy atom. The summed E-state index contributed by atoms with van der Waals surface area (Å²) in [5, 5.41) is 16.4. The van der Waals surface area contributed by atoms with E-state index in [1.54, 1.807) is 0 Å². The molecule has 0 aliphatic heterocycles. The molecule has 44 heavy (non-hydrogen) atoms. The Morgan fingerprint density at radius 2 is 1.80 bits per heavy atom. The molecule has 0 radical (unpaired) electrons. The summed E-state index contributed by atoms with van der Waals surface area (Å²) in [6, 6.07) is 6.11. The lowest BCUT2D eigenvalue weighted by Crippen LogP contribution is -2.51. The summed E-state index contributed by atoms with van der Waals surface area (Å²) in [7, 11) is 2.17. The molecule has 0 bridgehead atoms. The van der Waals surface area contributed by atoms with Gasteiger partial charge in [0.25, 0.3) is 5.91 Å². The van der Waals surface area contributed by atoms with Gasteiger partial charge in [0.05, 0.1) is 29.5 Å². The number of rotatable bonds is 10. The van der Waals surface area contributed by atoms with Crippen molar-refractivity contribution in [3.8, 4) is 28.8 Å². The van der Waals surface area contributed by atoms with Gasteiger partial charge in [0.2, 0.25) is 0 Å². The second-order valence-electron chi connectivity index (χ2n) is 9.62. The fraction of sp³-hybridized carbons (Fsp3) is 0.440. The highest BCUT2D eigenvalue weighted by molar-refractivity contribution is 6.34. The second kappa shape index (κ2) is 11.5. The molecule has 3 aromatic rings. The number of amides is 1. The highest BCUT2D eigenvalue weighted by Gasteiger charge is 2.76. The van der Waals surface area contributed by atoms with Crippen LogP contribution in [0.2, 0.25) is 5.02 Å². The monoisotopic (exact) mass is 658 g/mol. The summed E-state index contributed by atoms with van der Waals surface area (Å²) in [5.41, 5.74) is -9.54. The second-order valence-corrected chi connectivity index (χ2v) is 10.0. The molecule has 4 rings (SSSR count). The molecular formula is C25H20ClF9N6O3. The van der Waals surface area contributed by atoms with E-state index >= 15 is 0 Å². The van der Waals surface area contributed by atoms with Crippen molar-refractivity contribution in [1.82, 2.24) is 24.5 Å². The Hall–Kier alpha value is -3.98. The van der Waals surface area contributed by atoms with E-state index in [0.29, 0.717) is 17.5 Å². The number of carbonyl (C=O) groups is 1. The van der Waals surface area contributed by atoms with E-state index in [0.717, 1.165) is 19.4 Å². The lowest BCUT2D eigenvalue weighted by molar-refractivity contribution is -0.350. The maximum absolute atomic E-state index is 14.9. The summed E-state index contributed by atoms with van der Waals surface area (Å²) >= 11 is 6.28. The van der Waals surface area contributed by atoms with Gasteiger partial charge in [-0.25, -0.2) is 13.8 Å². The van der Waals surface area contributed by atoms with Crippen molar-refractivity contribution in [1.29, 1.82) is 5.26 Å². The van der Waals surface area contributed by atoms with Crippen LogP contribution in [0.5, 0.6) is 5.75 Å². The number of aromatic nitrogens is 4. The third-order valence-electron chi connectivity index (χ3n) is 6.83. The lowest BCUT2D eigenvalue weighted by Gasteiger charge is -2.28. The summed E-state index contributed by atoms with van der Waals surface area (Å²) in [4.78, 5) is 14.8. The molecule has 0 atom stereocenters. The minimum Gasteiger partial charge on any atom is -0.429 e. The molecule has 2 heterocycles. The van der Waals surface area contributed by atoms with Crippen LogP contribution in [0.4, 0.5) is 39.5 Å². The van der Waals surface area contributed by atoms with Crippen LogP contribution in [0.1, 0.15) is 28.9 Å². The van der Waals surface area contributed by atoms with Gasteiger partial charge >= 0.3 is 24.6 Å². The van der Waals surface area contributed by atoms with E-state index in [9.17, 15) is 49.6 Å². The van der Waals surface area contributed by atoms with Gasteiger partial charge < -0.3 is 14.4 Å². The van der Waals surface area contributed by atoms with Gasteiger partial charge in [0, 0.05) is 32.5 Å². The third kappa shape index (κ3) is 5.65. The average molecular weight is 659 g/mol. The van der Waals surface area contributed by atoms with Gasteiger partial charge in [-0.1, -0.05) is 17.7 Å². The fourth-order valence-corrected chi connectivity index (χ4v) is 4.65. The molecule has 1 saturated carbocycles. The van der Waals surface area contributed by atoms with Crippen LogP contribution in [0.15, 0.2) is 30.6 Å². The molecular weight excluding hydrogens is 639 g/mol. The topological polar surface area (TPSA) is 98.2 Å². The summed E-state index contributed by atoms with van der Waals surface area (Å²) in [5.74, 6) is -3.48. The first-order valence-electron chi connectivity index (χ1n) is 12.3. The first kappa shape index (κ1) is 32.9. The SMILES string of the molecule is COCCN(C(=O)c1cc(-c2cnn(-c3c(OC(F)F)c(C(F)(C(F)(F)F)C(F)(F)F)nn3C)c2)ccc1Cl)C1(C#N)CC1. The maximum Gasteiger partial charge on any atom is 0.437 e. The molecule has 1 amide bonds. The minimum absolute atomic E-state index is 0.00946. The fourth-order valence-electron chi connectivity index (χ4n) is 4.45. The van der Waals surface area contributed by atoms with Gasteiger partial charge in [-0.2, -0.15) is 50.6 Å². The lowest BCUT2D eigenvalue weighted by atomic mass is 9.99. The molecule has 0 unspecified atom stereocenters. The maximum atomic E-state index is 14.9. The number of carbonyl (C=O) groups excluding carboxylic acids is 1. The number of ether oxygens (including phenoxy) is 2. The van der Waals surface area contributed by atoms with E-state index in [2.05, 4.69) is 21.0 Å². The standard InChI is InChI=1S/C25H20ClF9N6O3/c1-39-19(17(44-21(27)28)18(38-39)23(29,24(30,31)32)25(33,34)35)41-11-14(10-37-41)13-3-4-16(26)15(9-13)20(42)40(7-8-43-2)22(12-36)5-6-22/h3-4,9-11,21H,5-8H2,1-2H3. The number of benzene rings is 1. The summed E-state index contributed by atoms with van der Waals surface area (Å²) < 4.78 is 132. The highest BCUT2D eigenvalue weighted by Crippen LogP contribution is 2.56. The number of hydrogen-bond acceptors (Lipinski definition) is 6. The van der Waals surface area contributed by atoms with Crippen molar-refractivity contribution in [3.05, 3.63) is 46.9 Å². The molecule has 2 aromatic heterocycles. The van der Waals surface area contributed by atoms with Crippen molar-refractivity contribution < 1.29 is 53.8 Å². The molecule has 1 aromatic carbocycles. The van der Waals surface area contributed by atoms with Crippen molar-refractivity contribution >= 4 is 17.5 Å². The first-order chi connectivity index (χ1) is 20.4.